The van der Waals surface area contributed by atoms with Crippen molar-refractivity contribution >= 4 is 17.3 Å². The lowest BCUT2D eigenvalue weighted by molar-refractivity contribution is -0.384. The summed E-state index contributed by atoms with van der Waals surface area (Å²) in [6.07, 6.45) is 1.48. The van der Waals surface area contributed by atoms with E-state index in [1.54, 1.807) is 24.3 Å². The predicted octanol–water partition coefficient (Wildman–Crippen LogP) is 3.97. The van der Waals surface area contributed by atoms with E-state index in [1.165, 1.54) is 31.3 Å². The Morgan fingerprint density at radius 3 is 2.51 bits per heavy atom. The third-order valence-electron chi connectivity index (χ3n) is 5.11. The van der Waals surface area contributed by atoms with Gasteiger partial charge in [0, 0.05) is 30.1 Å². The minimum atomic E-state index is -1.03. The number of amides is 1. The number of carbonyl (C=O) groups is 1. The van der Waals surface area contributed by atoms with Crippen molar-refractivity contribution in [1.82, 2.24) is 14.8 Å². The molecule has 0 radical (unpaired) electrons. The van der Waals surface area contributed by atoms with Gasteiger partial charge in [-0.2, -0.15) is 5.10 Å². The van der Waals surface area contributed by atoms with Gasteiger partial charge in [-0.1, -0.05) is 18.2 Å². The molecule has 0 atom stereocenters. The normalized spacial score (nSPS) is 10.7. The summed E-state index contributed by atoms with van der Waals surface area (Å²) in [5, 5.41) is 15.6. The van der Waals surface area contributed by atoms with Crippen molar-refractivity contribution in [3.8, 4) is 5.69 Å². The summed E-state index contributed by atoms with van der Waals surface area (Å²) >= 11 is 0. The first-order valence-electron chi connectivity index (χ1n) is 10.3. The predicted molar refractivity (Wildman–Crippen MR) is 122 cm³/mol. The molecule has 2 heterocycles. The summed E-state index contributed by atoms with van der Waals surface area (Å²) in [6.45, 7) is 1.26. The molecular formula is C24H17F2N5O4. The fourth-order valence-corrected chi connectivity index (χ4v) is 3.49. The SMILES string of the molecule is Cc1cc(=O)c(C(=O)N(Cc2ccccn2)c2ccc(F)cc2F)nn1-c1ccccc1[N+](=O)[O-]. The Morgan fingerprint density at radius 1 is 1.09 bits per heavy atom. The highest BCUT2D eigenvalue weighted by atomic mass is 19.1. The maximum Gasteiger partial charge on any atom is 0.294 e. The van der Waals surface area contributed by atoms with Crippen molar-refractivity contribution in [3.05, 3.63) is 122 Å². The largest absolute Gasteiger partial charge is 0.298 e. The molecule has 0 aliphatic heterocycles. The Morgan fingerprint density at radius 2 is 1.83 bits per heavy atom. The molecule has 0 unspecified atom stereocenters. The van der Waals surface area contributed by atoms with E-state index >= 15 is 0 Å². The van der Waals surface area contributed by atoms with Crippen molar-refractivity contribution in [3.63, 3.8) is 0 Å². The quantitative estimate of drug-likeness (QED) is 0.307. The van der Waals surface area contributed by atoms with Crippen molar-refractivity contribution in [2.24, 2.45) is 0 Å². The topological polar surface area (TPSA) is 111 Å². The molecule has 2 aromatic carbocycles. The Balaban J connectivity index is 1.86. The summed E-state index contributed by atoms with van der Waals surface area (Å²) in [4.78, 5) is 42.3. The second kappa shape index (κ2) is 9.59. The number of nitro benzene ring substituents is 1. The van der Waals surface area contributed by atoms with Crippen LogP contribution < -0.4 is 10.3 Å². The maximum atomic E-state index is 14.7. The molecule has 0 saturated heterocycles. The fraction of sp³-hybridized carbons (Fsp3) is 0.0833. The Hall–Kier alpha value is -4.80. The first kappa shape index (κ1) is 23.4. The van der Waals surface area contributed by atoms with Crippen LogP contribution in [0.1, 0.15) is 21.9 Å². The molecule has 0 bridgehead atoms. The molecule has 2 aromatic heterocycles. The number of hydrogen-bond acceptors (Lipinski definition) is 6. The smallest absolute Gasteiger partial charge is 0.294 e. The summed E-state index contributed by atoms with van der Waals surface area (Å²) in [7, 11) is 0. The van der Waals surface area contributed by atoms with Gasteiger partial charge in [0.05, 0.1) is 22.8 Å². The Kier molecular flexibility index (Phi) is 6.40. The van der Waals surface area contributed by atoms with E-state index in [4.69, 9.17) is 0 Å². The number of para-hydroxylation sites is 2. The fourth-order valence-electron chi connectivity index (χ4n) is 3.49. The van der Waals surface area contributed by atoms with Gasteiger partial charge in [-0.15, -0.1) is 0 Å². The summed E-state index contributed by atoms with van der Waals surface area (Å²) in [6, 6.07) is 14.4. The van der Waals surface area contributed by atoms with E-state index in [1.807, 2.05) is 0 Å². The second-order valence-electron chi connectivity index (χ2n) is 7.46. The van der Waals surface area contributed by atoms with Gasteiger partial charge in [-0.05, 0) is 37.3 Å². The molecule has 1 amide bonds. The van der Waals surface area contributed by atoms with Crippen molar-refractivity contribution < 1.29 is 18.5 Å². The van der Waals surface area contributed by atoms with E-state index in [0.717, 1.165) is 27.8 Å². The third-order valence-corrected chi connectivity index (χ3v) is 5.11. The second-order valence-corrected chi connectivity index (χ2v) is 7.46. The van der Waals surface area contributed by atoms with E-state index < -0.39 is 33.6 Å². The lowest BCUT2D eigenvalue weighted by Gasteiger charge is -2.23. The molecule has 35 heavy (non-hydrogen) atoms. The van der Waals surface area contributed by atoms with Gasteiger partial charge in [-0.25, -0.2) is 13.5 Å². The van der Waals surface area contributed by atoms with Crippen LogP contribution in [0, 0.1) is 28.7 Å². The van der Waals surface area contributed by atoms with Gasteiger partial charge in [-0.3, -0.25) is 29.6 Å². The highest BCUT2D eigenvalue weighted by molar-refractivity contribution is 6.04. The molecule has 0 N–H and O–H groups in total. The van der Waals surface area contributed by atoms with Crippen molar-refractivity contribution in [1.29, 1.82) is 0 Å². The van der Waals surface area contributed by atoms with Crippen molar-refractivity contribution in [2.45, 2.75) is 13.5 Å². The number of halogens is 2. The van der Waals surface area contributed by atoms with Gasteiger partial charge in [0.25, 0.3) is 11.6 Å². The van der Waals surface area contributed by atoms with Gasteiger partial charge in [0.1, 0.15) is 17.3 Å². The average Bonchev–Trinajstić information content (AvgIpc) is 2.83. The van der Waals surface area contributed by atoms with Gasteiger partial charge >= 0.3 is 0 Å². The number of hydrogen-bond donors (Lipinski definition) is 0. The molecule has 176 valence electrons. The first-order valence-corrected chi connectivity index (χ1v) is 10.3. The number of carbonyl (C=O) groups excluding carboxylic acids is 1. The summed E-state index contributed by atoms with van der Waals surface area (Å²) < 4.78 is 29.3. The van der Waals surface area contributed by atoms with E-state index in [9.17, 15) is 28.5 Å². The van der Waals surface area contributed by atoms with Crippen LogP contribution in [0.4, 0.5) is 20.2 Å². The van der Waals surface area contributed by atoms with E-state index in [-0.39, 0.29) is 29.3 Å². The number of rotatable bonds is 6. The Bertz CT molecular complexity index is 1490. The highest BCUT2D eigenvalue weighted by Gasteiger charge is 2.27. The lowest BCUT2D eigenvalue weighted by Crippen LogP contribution is -2.37. The van der Waals surface area contributed by atoms with Crippen LogP contribution in [-0.2, 0) is 6.54 Å². The zero-order valence-electron chi connectivity index (χ0n) is 18.3. The number of nitrogens with zero attached hydrogens (tertiary/aromatic N) is 5. The Labute approximate surface area is 197 Å². The minimum absolute atomic E-state index is 0.0355. The molecule has 4 aromatic rings. The number of anilines is 1. The van der Waals surface area contributed by atoms with Gasteiger partial charge < -0.3 is 0 Å². The zero-order valence-corrected chi connectivity index (χ0v) is 18.3. The molecule has 4 rings (SSSR count). The number of benzene rings is 2. The van der Waals surface area contributed by atoms with Crippen LogP contribution in [-0.4, -0.2) is 25.6 Å². The summed E-state index contributed by atoms with van der Waals surface area (Å²) in [5.74, 6) is -2.86. The molecule has 11 heteroatoms. The van der Waals surface area contributed by atoms with Crippen LogP contribution >= 0.6 is 0 Å². The molecule has 0 aliphatic carbocycles. The molecule has 9 nitrogen and oxygen atoms in total. The van der Waals surface area contributed by atoms with Crippen LogP contribution in [0.5, 0.6) is 0 Å². The first-order chi connectivity index (χ1) is 16.8. The number of aromatic nitrogens is 3. The van der Waals surface area contributed by atoms with E-state index in [0.29, 0.717) is 11.8 Å². The molecule has 0 fully saturated rings. The lowest BCUT2D eigenvalue weighted by atomic mass is 10.2. The average molecular weight is 477 g/mol. The highest BCUT2D eigenvalue weighted by Crippen LogP contribution is 2.25. The van der Waals surface area contributed by atoms with Gasteiger partial charge in [0.15, 0.2) is 5.69 Å². The van der Waals surface area contributed by atoms with Crippen LogP contribution in [0.25, 0.3) is 5.69 Å². The van der Waals surface area contributed by atoms with Crippen LogP contribution in [0.2, 0.25) is 0 Å². The number of pyridine rings is 1. The van der Waals surface area contributed by atoms with Crippen molar-refractivity contribution in [2.75, 3.05) is 4.90 Å². The minimum Gasteiger partial charge on any atom is -0.298 e. The van der Waals surface area contributed by atoms with Gasteiger partial charge in [0.2, 0.25) is 5.43 Å². The monoisotopic (exact) mass is 477 g/mol. The third kappa shape index (κ3) is 4.78. The summed E-state index contributed by atoms with van der Waals surface area (Å²) in [5.41, 5.74) is -1.31. The molecular weight excluding hydrogens is 460 g/mol. The molecule has 0 aliphatic rings. The van der Waals surface area contributed by atoms with Crippen LogP contribution in [0.15, 0.2) is 77.7 Å². The zero-order chi connectivity index (χ0) is 25.1. The van der Waals surface area contributed by atoms with E-state index in [2.05, 4.69) is 10.1 Å². The molecule has 0 spiro atoms. The van der Waals surface area contributed by atoms with Crippen LogP contribution in [0.3, 0.4) is 0 Å². The standard InChI is InChI=1S/C24H17F2N5O4/c1-15-12-22(32)23(28-30(15)20-7-2-3-8-21(20)31(34)35)24(33)29(14-17-6-4-5-11-27-17)19-10-9-16(25)13-18(19)26/h2-13H,14H2,1H3. The number of nitro groups is 1. The number of aryl methyl sites for hydroxylation is 1. The maximum absolute atomic E-state index is 14.7. The molecule has 0 saturated carbocycles.